The molecule has 3 N–H and O–H groups in total. The maximum absolute atomic E-state index is 13.2. The summed E-state index contributed by atoms with van der Waals surface area (Å²) < 4.78 is 18.8. The second-order valence-corrected chi connectivity index (χ2v) is 9.38. The smallest absolute Gasteiger partial charge is 0.247 e. The van der Waals surface area contributed by atoms with E-state index in [1.54, 1.807) is 7.11 Å². The molecule has 2 aliphatic carbocycles. The van der Waals surface area contributed by atoms with Gasteiger partial charge in [-0.2, -0.15) is 14.5 Å². The molecule has 1 amide bonds. The van der Waals surface area contributed by atoms with E-state index in [2.05, 4.69) is 25.8 Å². The average Bonchev–Trinajstić information content (AvgIpc) is 3.24. The van der Waals surface area contributed by atoms with Crippen LogP contribution in [0.4, 0.5) is 27.7 Å². The van der Waals surface area contributed by atoms with Crippen molar-refractivity contribution in [2.45, 2.75) is 56.6 Å². The number of aryl methyl sites for hydroxylation is 1. The Morgan fingerprint density at radius 3 is 2.91 bits per heavy atom. The maximum Gasteiger partial charge on any atom is 0.247 e. The Bertz CT molecular complexity index is 1240. The Labute approximate surface area is 201 Å². The summed E-state index contributed by atoms with van der Waals surface area (Å²) >= 11 is 0. The first-order valence-electron chi connectivity index (χ1n) is 12.0. The van der Waals surface area contributed by atoms with Crippen molar-refractivity contribution in [3.05, 3.63) is 47.3 Å². The number of halogens is 1. The second kappa shape index (κ2) is 8.88. The summed E-state index contributed by atoms with van der Waals surface area (Å²) in [6.45, 7) is 0.489. The lowest BCUT2D eigenvalue weighted by Crippen LogP contribution is -2.41. The number of nitrogens with zero attached hydrogens (tertiary/aromatic N) is 5. The van der Waals surface area contributed by atoms with E-state index in [4.69, 9.17) is 14.7 Å². The van der Waals surface area contributed by atoms with Crippen molar-refractivity contribution in [3.8, 4) is 0 Å². The molecule has 2 fully saturated rings. The minimum atomic E-state index is -0.599. The van der Waals surface area contributed by atoms with Crippen LogP contribution in [0.15, 0.2) is 24.4 Å². The minimum absolute atomic E-state index is 0.141. The molecule has 1 saturated heterocycles. The van der Waals surface area contributed by atoms with Gasteiger partial charge in [-0.3, -0.25) is 9.89 Å². The van der Waals surface area contributed by atoms with Gasteiger partial charge in [0.1, 0.15) is 11.9 Å². The number of aromatic amines is 1. The predicted molar refractivity (Wildman–Crippen MR) is 127 cm³/mol. The van der Waals surface area contributed by atoms with Crippen LogP contribution in [-0.4, -0.2) is 56.9 Å². The van der Waals surface area contributed by atoms with Crippen LogP contribution < -0.4 is 15.5 Å². The van der Waals surface area contributed by atoms with Gasteiger partial charge in [0, 0.05) is 43.3 Å². The van der Waals surface area contributed by atoms with Crippen LogP contribution in [0.3, 0.4) is 0 Å². The monoisotopic (exact) mass is 478 g/mol. The molecule has 6 rings (SSSR count). The number of pyridine rings is 1. The topological polar surface area (TPSA) is 121 Å². The minimum Gasteiger partial charge on any atom is -0.380 e. The van der Waals surface area contributed by atoms with Gasteiger partial charge in [0.2, 0.25) is 17.8 Å². The van der Waals surface area contributed by atoms with Crippen molar-refractivity contribution < 1.29 is 13.9 Å². The standard InChI is InChI=1S/C24H27FN8O2/c1-35-15-9-19(23(34)27-14-7-8-20(25)26-11-14)33(12-15)24-28-17-4-2-3-16(17)22(30-24)29-21-10-18(31-32-21)13-5-6-13/h7-8,10-11,13,15,19H,2-6,9,12H2,1H3,(H,27,34)(H2,28,29,30,31,32)/t15-,19+/m0/s1. The van der Waals surface area contributed by atoms with Gasteiger partial charge in [0.05, 0.1) is 23.7 Å². The lowest BCUT2D eigenvalue weighted by molar-refractivity contribution is -0.117. The van der Waals surface area contributed by atoms with Crippen molar-refractivity contribution in [2.75, 3.05) is 29.2 Å². The number of nitrogens with one attached hydrogen (secondary N) is 3. The van der Waals surface area contributed by atoms with E-state index in [9.17, 15) is 9.18 Å². The Hall–Kier alpha value is -3.60. The molecule has 2 atom stereocenters. The molecule has 0 unspecified atom stereocenters. The first-order valence-corrected chi connectivity index (χ1v) is 12.0. The van der Waals surface area contributed by atoms with Crippen molar-refractivity contribution in [1.82, 2.24) is 25.1 Å². The second-order valence-electron chi connectivity index (χ2n) is 9.38. The van der Waals surface area contributed by atoms with E-state index in [1.165, 1.54) is 31.2 Å². The van der Waals surface area contributed by atoms with Gasteiger partial charge in [-0.15, -0.1) is 0 Å². The molecule has 182 valence electrons. The molecule has 4 heterocycles. The predicted octanol–water partition coefficient (Wildman–Crippen LogP) is 3.08. The third-order valence-electron chi connectivity index (χ3n) is 6.93. The molecule has 11 heteroatoms. The van der Waals surface area contributed by atoms with Gasteiger partial charge in [0.15, 0.2) is 5.82 Å². The highest BCUT2D eigenvalue weighted by atomic mass is 19.1. The van der Waals surface area contributed by atoms with Crippen molar-refractivity contribution in [1.29, 1.82) is 0 Å². The quantitative estimate of drug-likeness (QED) is 0.443. The number of fused-ring (bicyclic) bond motifs is 1. The van der Waals surface area contributed by atoms with E-state index >= 15 is 0 Å². The molecule has 0 aromatic carbocycles. The fourth-order valence-corrected chi connectivity index (χ4v) is 4.89. The third-order valence-corrected chi connectivity index (χ3v) is 6.93. The van der Waals surface area contributed by atoms with Crippen LogP contribution in [0.1, 0.15) is 48.6 Å². The van der Waals surface area contributed by atoms with Gasteiger partial charge < -0.3 is 20.3 Å². The van der Waals surface area contributed by atoms with Crippen LogP contribution in [-0.2, 0) is 22.4 Å². The Balaban J connectivity index is 1.28. The molecule has 3 aromatic heterocycles. The van der Waals surface area contributed by atoms with E-state index in [-0.39, 0.29) is 12.0 Å². The van der Waals surface area contributed by atoms with Gasteiger partial charge in [0.25, 0.3) is 0 Å². The molecule has 3 aliphatic rings. The van der Waals surface area contributed by atoms with E-state index in [1.807, 2.05) is 11.0 Å². The van der Waals surface area contributed by atoms with Gasteiger partial charge in [-0.25, -0.2) is 9.97 Å². The lowest BCUT2D eigenvalue weighted by Gasteiger charge is -2.25. The number of methoxy groups -OCH3 is 1. The highest BCUT2D eigenvalue weighted by Crippen LogP contribution is 2.40. The van der Waals surface area contributed by atoms with Crippen LogP contribution in [0.5, 0.6) is 0 Å². The number of hydrogen-bond acceptors (Lipinski definition) is 8. The van der Waals surface area contributed by atoms with Gasteiger partial charge in [-0.1, -0.05) is 0 Å². The zero-order valence-electron chi connectivity index (χ0n) is 19.4. The molecular weight excluding hydrogens is 451 g/mol. The Kier molecular flexibility index (Phi) is 5.56. The van der Waals surface area contributed by atoms with Crippen molar-refractivity contribution in [2.24, 2.45) is 0 Å². The highest BCUT2D eigenvalue weighted by molar-refractivity contribution is 5.97. The van der Waals surface area contributed by atoms with E-state index < -0.39 is 12.0 Å². The summed E-state index contributed by atoms with van der Waals surface area (Å²) in [5.74, 6) is 1.70. The molecule has 1 saturated carbocycles. The van der Waals surface area contributed by atoms with Gasteiger partial charge in [-0.05, 0) is 44.2 Å². The highest BCUT2D eigenvalue weighted by Gasteiger charge is 2.39. The lowest BCUT2D eigenvalue weighted by atomic mass is 10.2. The third kappa shape index (κ3) is 4.43. The summed E-state index contributed by atoms with van der Waals surface area (Å²) in [6, 6.07) is 4.21. The summed E-state index contributed by atoms with van der Waals surface area (Å²) in [4.78, 5) is 28.4. The van der Waals surface area contributed by atoms with Crippen molar-refractivity contribution in [3.63, 3.8) is 0 Å². The average molecular weight is 479 g/mol. The van der Waals surface area contributed by atoms with Crippen LogP contribution in [0, 0.1) is 5.95 Å². The SMILES string of the molecule is CO[C@H]1C[C@H](C(=O)Nc2ccc(F)nc2)N(c2nc3c(c(Nc4cc(C5CC5)[nH]n4)n2)CCC3)C1. The summed E-state index contributed by atoms with van der Waals surface area (Å²) in [5.41, 5.74) is 3.68. The zero-order chi connectivity index (χ0) is 23.9. The number of carbonyl (C=O) groups excluding carboxylic acids is 1. The number of H-pyrrole nitrogens is 1. The number of rotatable bonds is 7. The van der Waals surface area contributed by atoms with Crippen molar-refractivity contribution >= 4 is 29.2 Å². The molecule has 0 spiro atoms. The number of aromatic nitrogens is 5. The molecule has 0 bridgehead atoms. The number of carbonyl (C=O) groups is 1. The van der Waals surface area contributed by atoms with Crippen LogP contribution >= 0.6 is 0 Å². The fourth-order valence-electron chi connectivity index (χ4n) is 4.89. The fraction of sp³-hybridized carbons (Fsp3) is 0.458. The molecular formula is C24H27FN8O2. The molecule has 10 nitrogen and oxygen atoms in total. The number of anilines is 4. The summed E-state index contributed by atoms with van der Waals surface area (Å²) in [7, 11) is 1.64. The maximum atomic E-state index is 13.2. The number of amides is 1. The summed E-state index contributed by atoms with van der Waals surface area (Å²) in [5, 5.41) is 13.8. The van der Waals surface area contributed by atoms with E-state index in [0.717, 1.165) is 47.8 Å². The Morgan fingerprint density at radius 1 is 1.26 bits per heavy atom. The first-order chi connectivity index (χ1) is 17.1. The van der Waals surface area contributed by atoms with Gasteiger partial charge >= 0.3 is 0 Å². The van der Waals surface area contributed by atoms with Crippen LogP contribution in [0.25, 0.3) is 0 Å². The number of ether oxygens (including phenoxy) is 1. The molecule has 3 aromatic rings. The number of hydrogen-bond donors (Lipinski definition) is 3. The first kappa shape index (κ1) is 21.9. The molecule has 0 radical (unpaired) electrons. The van der Waals surface area contributed by atoms with E-state index in [0.29, 0.717) is 30.5 Å². The molecule has 1 aliphatic heterocycles. The zero-order valence-corrected chi connectivity index (χ0v) is 19.4. The normalized spacial score (nSPS) is 21.3. The Morgan fingerprint density at radius 2 is 2.14 bits per heavy atom. The van der Waals surface area contributed by atoms with Crippen LogP contribution in [0.2, 0.25) is 0 Å². The summed E-state index contributed by atoms with van der Waals surface area (Å²) in [6.07, 6.45) is 6.82. The molecule has 35 heavy (non-hydrogen) atoms. The largest absolute Gasteiger partial charge is 0.380 e.